The summed E-state index contributed by atoms with van der Waals surface area (Å²) in [7, 11) is 0. The van der Waals surface area contributed by atoms with Gasteiger partial charge >= 0.3 is 0 Å². The van der Waals surface area contributed by atoms with E-state index in [1.165, 1.54) is 23.9 Å². The molecule has 0 aliphatic carbocycles. The van der Waals surface area contributed by atoms with Gasteiger partial charge in [-0.3, -0.25) is 19.5 Å². The topological polar surface area (TPSA) is 80.1 Å². The van der Waals surface area contributed by atoms with Crippen molar-refractivity contribution in [3.63, 3.8) is 0 Å². The molecule has 1 aliphatic rings. The van der Waals surface area contributed by atoms with Crippen molar-refractivity contribution in [3.8, 4) is 0 Å². The minimum absolute atomic E-state index is 0.140. The monoisotopic (exact) mass is 523 g/mol. The fourth-order valence-electron chi connectivity index (χ4n) is 4.37. The number of rotatable bonds is 5. The fourth-order valence-corrected chi connectivity index (χ4v) is 5.56. The van der Waals surface area contributed by atoms with Gasteiger partial charge in [0.25, 0.3) is 0 Å². The smallest absolute Gasteiger partial charge is 0.240 e. The highest BCUT2D eigenvalue weighted by Gasteiger charge is 2.41. The number of carbonyl (C=O) groups excluding carboxylic acids is 2. The molecule has 9 heteroatoms. The van der Waals surface area contributed by atoms with E-state index in [9.17, 15) is 14.0 Å². The molecular formula is C28H34FN5O2S. The van der Waals surface area contributed by atoms with Crippen LogP contribution in [-0.2, 0) is 27.1 Å². The number of hydrogen-bond acceptors (Lipinski definition) is 5. The van der Waals surface area contributed by atoms with Crippen LogP contribution in [0.15, 0.2) is 48.8 Å². The van der Waals surface area contributed by atoms with E-state index in [0.29, 0.717) is 12.4 Å². The highest BCUT2D eigenvalue weighted by Crippen LogP contribution is 2.48. The van der Waals surface area contributed by atoms with Gasteiger partial charge in [-0.05, 0) is 56.2 Å². The molecule has 2 amide bonds. The van der Waals surface area contributed by atoms with Crippen molar-refractivity contribution in [2.24, 2.45) is 0 Å². The summed E-state index contributed by atoms with van der Waals surface area (Å²) >= 11 is 1.44. The minimum Gasteiger partial charge on any atom is -0.350 e. The Morgan fingerprint density at radius 3 is 2.46 bits per heavy atom. The zero-order chi connectivity index (χ0) is 27.0. The average Bonchev–Trinajstić information content (AvgIpc) is 3.18. The van der Waals surface area contributed by atoms with Crippen LogP contribution in [0, 0.1) is 5.82 Å². The lowest BCUT2D eigenvalue weighted by Gasteiger charge is -2.29. The van der Waals surface area contributed by atoms with E-state index in [1.807, 2.05) is 43.7 Å². The van der Waals surface area contributed by atoms with Gasteiger partial charge in [-0.1, -0.05) is 32.9 Å². The molecule has 196 valence electrons. The molecule has 1 aliphatic heterocycles. The summed E-state index contributed by atoms with van der Waals surface area (Å²) in [5.41, 5.74) is 2.54. The first kappa shape index (κ1) is 26.9. The van der Waals surface area contributed by atoms with Crippen molar-refractivity contribution in [1.82, 2.24) is 20.1 Å². The molecule has 7 nitrogen and oxygen atoms in total. The van der Waals surface area contributed by atoms with Crippen LogP contribution in [0.4, 0.5) is 10.2 Å². The van der Waals surface area contributed by atoms with Crippen molar-refractivity contribution < 1.29 is 14.0 Å². The Morgan fingerprint density at radius 1 is 1.14 bits per heavy atom. The lowest BCUT2D eigenvalue weighted by molar-refractivity contribution is -0.123. The number of aromatic nitrogens is 3. The van der Waals surface area contributed by atoms with Gasteiger partial charge in [0.15, 0.2) is 0 Å². The fraction of sp³-hybridized carbons (Fsp3) is 0.429. The van der Waals surface area contributed by atoms with E-state index in [1.54, 1.807) is 23.4 Å². The van der Waals surface area contributed by atoms with Gasteiger partial charge in [-0.2, -0.15) is 5.10 Å². The maximum atomic E-state index is 14.3. The van der Waals surface area contributed by atoms with E-state index in [0.717, 1.165) is 22.4 Å². The van der Waals surface area contributed by atoms with Crippen LogP contribution in [-0.4, -0.2) is 38.9 Å². The van der Waals surface area contributed by atoms with Gasteiger partial charge in [0.05, 0.1) is 22.2 Å². The number of nitrogens with one attached hydrogen (secondary N) is 1. The van der Waals surface area contributed by atoms with E-state index in [4.69, 9.17) is 5.10 Å². The first-order chi connectivity index (χ1) is 17.4. The summed E-state index contributed by atoms with van der Waals surface area (Å²) in [5.74, 6) is -0.0375. The SMILES string of the molecule is CC(C)(C)c1nn(C(C)(C)C)c2c1[C@H](c1cccc(F)c1)SCC(=O)N2CC(=O)NCc1ccncc1. The van der Waals surface area contributed by atoms with Gasteiger partial charge < -0.3 is 5.32 Å². The van der Waals surface area contributed by atoms with Crippen LogP contribution in [0.5, 0.6) is 0 Å². The lowest BCUT2D eigenvalue weighted by atomic mass is 9.87. The molecule has 4 rings (SSSR count). The van der Waals surface area contributed by atoms with Crippen LogP contribution in [0.3, 0.4) is 0 Å². The van der Waals surface area contributed by atoms with Gasteiger partial charge in [-0.25, -0.2) is 9.07 Å². The number of carbonyl (C=O) groups is 2. The lowest BCUT2D eigenvalue weighted by Crippen LogP contribution is -2.43. The Bertz CT molecular complexity index is 1290. The summed E-state index contributed by atoms with van der Waals surface area (Å²) < 4.78 is 16.2. The second-order valence-corrected chi connectivity index (χ2v) is 12.4. The summed E-state index contributed by atoms with van der Waals surface area (Å²) in [4.78, 5) is 32.2. The summed E-state index contributed by atoms with van der Waals surface area (Å²) in [6.45, 7) is 12.5. The Hall–Kier alpha value is -3.20. The third kappa shape index (κ3) is 5.87. The number of anilines is 1. The third-order valence-corrected chi connectivity index (χ3v) is 7.38. The molecule has 0 unspecified atom stereocenters. The predicted octanol–water partition coefficient (Wildman–Crippen LogP) is 4.96. The predicted molar refractivity (Wildman–Crippen MR) is 145 cm³/mol. The summed E-state index contributed by atoms with van der Waals surface area (Å²) in [5, 5.41) is 7.64. The van der Waals surface area contributed by atoms with Crippen LogP contribution < -0.4 is 10.2 Å². The van der Waals surface area contributed by atoms with Crippen LogP contribution in [0.2, 0.25) is 0 Å². The molecular weight excluding hydrogens is 489 g/mol. The van der Waals surface area contributed by atoms with Crippen LogP contribution >= 0.6 is 11.8 Å². The molecule has 3 heterocycles. The average molecular weight is 524 g/mol. The zero-order valence-electron chi connectivity index (χ0n) is 22.2. The molecule has 0 fully saturated rings. The third-order valence-electron chi connectivity index (χ3n) is 6.13. The van der Waals surface area contributed by atoms with Gasteiger partial charge in [0, 0.05) is 29.9 Å². The number of amides is 2. The second kappa shape index (κ2) is 10.3. The van der Waals surface area contributed by atoms with Crippen LogP contribution in [0.25, 0.3) is 0 Å². The summed E-state index contributed by atoms with van der Waals surface area (Å²) in [6, 6.07) is 10.2. The van der Waals surface area contributed by atoms with E-state index >= 15 is 0 Å². The summed E-state index contributed by atoms with van der Waals surface area (Å²) in [6.07, 6.45) is 3.34. The number of halogens is 1. The van der Waals surface area contributed by atoms with Gasteiger partial charge in [0.2, 0.25) is 11.8 Å². The van der Waals surface area contributed by atoms with Gasteiger partial charge in [-0.15, -0.1) is 11.8 Å². The molecule has 0 saturated carbocycles. The maximum Gasteiger partial charge on any atom is 0.240 e. The Balaban J connectivity index is 1.83. The normalized spacial score (nSPS) is 16.4. The number of nitrogens with zero attached hydrogens (tertiary/aromatic N) is 4. The maximum absolute atomic E-state index is 14.3. The molecule has 1 atom stereocenters. The highest BCUT2D eigenvalue weighted by atomic mass is 32.2. The largest absolute Gasteiger partial charge is 0.350 e. The quantitative estimate of drug-likeness (QED) is 0.512. The molecule has 1 aromatic carbocycles. The number of pyridine rings is 1. The van der Waals surface area contributed by atoms with Crippen molar-refractivity contribution in [2.45, 2.75) is 64.3 Å². The number of fused-ring (bicyclic) bond motifs is 1. The molecule has 37 heavy (non-hydrogen) atoms. The molecule has 3 aromatic rings. The Labute approximate surface area is 221 Å². The van der Waals surface area contributed by atoms with Crippen LogP contribution in [0.1, 0.15) is 69.2 Å². The molecule has 0 spiro atoms. The standard InChI is InChI=1S/C28H34FN5O2S/c1-27(2,3)25-23-24(19-8-7-9-20(29)14-19)37-17-22(36)33(26(23)34(32-25)28(4,5)6)16-21(35)31-15-18-10-12-30-13-11-18/h7-14,24H,15-17H2,1-6H3,(H,31,35)/t24-/m0/s1. The number of benzene rings is 1. The Kier molecular flexibility index (Phi) is 7.46. The number of thioether (sulfide) groups is 1. The second-order valence-electron chi connectivity index (χ2n) is 11.3. The molecule has 1 N–H and O–H groups in total. The highest BCUT2D eigenvalue weighted by molar-refractivity contribution is 8.00. The minimum atomic E-state index is -0.471. The van der Waals surface area contributed by atoms with E-state index < -0.39 is 5.54 Å². The van der Waals surface area contributed by atoms with E-state index in [2.05, 4.69) is 31.1 Å². The van der Waals surface area contributed by atoms with Crippen molar-refractivity contribution >= 4 is 29.4 Å². The molecule has 2 aromatic heterocycles. The first-order valence-electron chi connectivity index (χ1n) is 12.3. The van der Waals surface area contributed by atoms with Crippen molar-refractivity contribution in [2.75, 3.05) is 17.2 Å². The molecule has 0 saturated heterocycles. The van der Waals surface area contributed by atoms with Crippen molar-refractivity contribution in [1.29, 1.82) is 0 Å². The van der Waals surface area contributed by atoms with Crippen molar-refractivity contribution in [3.05, 3.63) is 77.0 Å². The van der Waals surface area contributed by atoms with E-state index in [-0.39, 0.29) is 40.6 Å². The first-order valence-corrected chi connectivity index (χ1v) is 13.4. The Morgan fingerprint density at radius 2 is 1.84 bits per heavy atom. The molecule has 0 radical (unpaired) electrons. The van der Waals surface area contributed by atoms with Gasteiger partial charge in [0.1, 0.15) is 18.2 Å². The molecule has 0 bridgehead atoms. The number of hydrogen-bond donors (Lipinski definition) is 1. The zero-order valence-corrected chi connectivity index (χ0v) is 23.0.